The minimum absolute atomic E-state index is 0.172. The largest absolute Gasteiger partial charge is 0.327 e. The van der Waals surface area contributed by atoms with Crippen LogP contribution in [0.5, 0.6) is 0 Å². The van der Waals surface area contributed by atoms with Crippen molar-refractivity contribution in [1.29, 1.82) is 0 Å². The maximum Gasteiger partial charge on any atom is 0.327 e. The third-order valence-corrected chi connectivity index (χ3v) is 3.80. The number of rotatable bonds is 7. The lowest BCUT2D eigenvalue weighted by Gasteiger charge is -2.15. The first-order valence-electron chi connectivity index (χ1n) is 4.94. The van der Waals surface area contributed by atoms with Crippen LogP contribution in [0.15, 0.2) is 0 Å². The molecule has 0 aromatic heterocycles. The molecule has 0 rings (SSSR count). The van der Waals surface area contributed by atoms with Crippen molar-refractivity contribution in [3.05, 3.63) is 0 Å². The molecule has 0 fully saturated rings. The van der Waals surface area contributed by atoms with Gasteiger partial charge in [0.15, 0.2) is 0 Å². The van der Waals surface area contributed by atoms with E-state index in [1.165, 1.54) is 13.6 Å². The SMILES string of the molecule is CC#CC(COP(C)(=O)OCC)CS(=O)(=O)O. The van der Waals surface area contributed by atoms with Crippen LogP contribution in [0, 0.1) is 17.8 Å². The summed E-state index contributed by atoms with van der Waals surface area (Å²) in [6, 6.07) is 0. The number of hydrogen-bond donors (Lipinski definition) is 1. The van der Waals surface area contributed by atoms with Gasteiger partial charge in [-0.2, -0.15) is 8.42 Å². The Bertz CT molecular complexity index is 432. The first-order valence-corrected chi connectivity index (χ1v) is 8.54. The van der Waals surface area contributed by atoms with Crippen LogP contribution < -0.4 is 0 Å². The summed E-state index contributed by atoms with van der Waals surface area (Å²) in [6.07, 6.45) is 0. The van der Waals surface area contributed by atoms with Gasteiger partial charge in [0, 0.05) is 6.66 Å². The predicted octanol–water partition coefficient (Wildman–Crippen LogP) is 1.39. The highest BCUT2D eigenvalue weighted by Gasteiger charge is 2.21. The molecule has 0 saturated carbocycles. The van der Waals surface area contributed by atoms with Crippen molar-refractivity contribution in [3.63, 3.8) is 0 Å². The fourth-order valence-electron chi connectivity index (χ4n) is 1.09. The van der Waals surface area contributed by atoms with E-state index in [9.17, 15) is 13.0 Å². The summed E-state index contributed by atoms with van der Waals surface area (Å²) in [5.41, 5.74) is 0. The maximum absolute atomic E-state index is 11.6. The van der Waals surface area contributed by atoms with Gasteiger partial charge < -0.3 is 9.05 Å². The van der Waals surface area contributed by atoms with E-state index < -0.39 is 29.4 Å². The second kappa shape index (κ2) is 7.14. The normalized spacial score (nSPS) is 16.7. The lowest BCUT2D eigenvalue weighted by molar-refractivity contribution is 0.205. The molecule has 0 amide bonds. The Labute approximate surface area is 102 Å². The lowest BCUT2D eigenvalue weighted by atomic mass is 10.2. The van der Waals surface area contributed by atoms with E-state index in [0.29, 0.717) is 0 Å². The van der Waals surface area contributed by atoms with Gasteiger partial charge in [0.25, 0.3) is 10.1 Å². The molecule has 0 saturated heterocycles. The zero-order chi connectivity index (χ0) is 13.5. The summed E-state index contributed by atoms with van der Waals surface area (Å²) in [7, 11) is -7.32. The fraction of sp³-hybridized carbons (Fsp3) is 0.778. The predicted molar refractivity (Wildman–Crippen MR) is 64.5 cm³/mol. The molecule has 0 aliphatic carbocycles. The molecule has 100 valence electrons. The Kier molecular flexibility index (Phi) is 6.98. The van der Waals surface area contributed by atoms with Crippen LogP contribution in [0.1, 0.15) is 13.8 Å². The van der Waals surface area contributed by atoms with Crippen molar-refractivity contribution in [2.24, 2.45) is 5.92 Å². The van der Waals surface area contributed by atoms with E-state index in [-0.39, 0.29) is 13.2 Å². The first kappa shape index (κ1) is 16.6. The van der Waals surface area contributed by atoms with Gasteiger partial charge in [-0.3, -0.25) is 9.12 Å². The summed E-state index contributed by atoms with van der Waals surface area (Å²) >= 11 is 0. The van der Waals surface area contributed by atoms with Crippen molar-refractivity contribution in [2.45, 2.75) is 13.8 Å². The van der Waals surface area contributed by atoms with E-state index in [1.54, 1.807) is 6.92 Å². The molecule has 0 radical (unpaired) electrons. The van der Waals surface area contributed by atoms with Gasteiger partial charge in [-0.1, -0.05) is 5.92 Å². The average Bonchev–Trinajstić information content (AvgIpc) is 2.12. The molecule has 0 bridgehead atoms. The quantitative estimate of drug-likeness (QED) is 0.431. The van der Waals surface area contributed by atoms with Crippen molar-refractivity contribution in [1.82, 2.24) is 0 Å². The van der Waals surface area contributed by atoms with Crippen molar-refractivity contribution in [3.8, 4) is 11.8 Å². The minimum atomic E-state index is -4.14. The Hall–Kier alpha value is -0.380. The van der Waals surface area contributed by atoms with Gasteiger partial charge in [0.05, 0.1) is 24.9 Å². The highest BCUT2D eigenvalue weighted by Crippen LogP contribution is 2.43. The van der Waals surface area contributed by atoms with Crippen molar-refractivity contribution >= 4 is 17.7 Å². The zero-order valence-electron chi connectivity index (χ0n) is 10.0. The standard InChI is InChI=1S/C9H17O6PS/c1-4-6-9(8-17(11,12)13)7-15-16(3,10)14-5-2/h9H,5,7-8H2,1-3H3,(H,11,12,13). The molecule has 2 unspecified atom stereocenters. The van der Waals surface area contributed by atoms with E-state index in [2.05, 4.69) is 11.8 Å². The molecule has 0 aromatic carbocycles. The van der Waals surface area contributed by atoms with Gasteiger partial charge in [0.1, 0.15) is 0 Å². The summed E-state index contributed by atoms with van der Waals surface area (Å²) < 4.78 is 51.5. The monoisotopic (exact) mass is 284 g/mol. The zero-order valence-corrected chi connectivity index (χ0v) is 11.8. The first-order chi connectivity index (χ1) is 7.70. The highest BCUT2D eigenvalue weighted by atomic mass is 32.2. The van der Waals surface area contributed by atoms with Crippen molar-refractivity contribution < 1.29 is 26.6 Å². The van der Waals surface area contributed by atoms with E-state index in [0.717, 1.165) is 0 Å². The second-order valence-electron chi connectivity index (χ2n) is 3.32. The van der Waals surface area contributed by atoms with Crippen LogP contribution in [0.4, 0.5) is 0 Å². The summed E-state index contributed by atoms with van der Waals surface area (Å²) in [6.45, 7) is 4.55. The molecule has 0 aromatic rings. The Balaban J connectivity index is 4.46. The van der Waals surface area contributed by atoms with Crippen LogP contribution >= 0.6 is 7.60 Å². The Morgan fingerprint density at radius 3 is 2.41 bits per heavy atom. The molecular weight excluding hydrogens is 267 g/mol. The molecule has 0 aliphatic rings. The Morgan fingerprint density at radius 2 is 2.00 bits per heavy atom. The fourth-order valence-corrected chi connectivity index (χ4v) is 2.77. The third-order valence-electron chi connectivity index (χ3n) is 1.63. The summed E-state index contributed by atoms with van der Waals surface area (Å²) in [5.74, 6) is 3.80. The average molecular weight is 284 g/mol. The van der Waals surface area contributed by atoms with Gasteiger partial charge >= 0.3 is 7.60 Å². The van der Waals surface area contributed by atoms with Crippen LogP contribution in [0.2, 0.25) is 0 Å². The molecule has 2 atom stereocenters. The van der Waals surface area contributed by atoms with Crippen molar-refractivity contribution in [2.75, 3.05) is 25.6 Å². The van der Waals surface area contributed by atoms with Gasteiger partial charge in [-0.15, -0.1) is 5.92 Å². The van der Waals surface area contributed by atoms with E-state index in [1.807, 2.05) is 0 Å². The molecule has 0 heterocycles. The van der Waals surface area contributed by atoms with Crippen LogP contribution in [0.25, 0.3) is 0 Å². The molecule has 8 heteroatoms. The molecule has 0 spiro atoms. The van der Waals surface area contributed by atoms with Gasteiger partial charge in [0.2, 0.25) is 0 Å². The lowest BCUT2D eigenvalue weighted by Crippen LogP contribution is -2.18. The number of hydrogen-bond acceptors (Lipinski definition) is 5. The molecular formula is C9H17O6PS. The molecule has 6 nitrogen and oxygen atoms in total. The minimum Gasteiger partial charge on any atom is -0.309 e. The third kappa shape index (κ3) is 9.33. The van der Waals surface area contributed by atoms with E-state index in [4.69, 9.17) is 13.6 Å². The topological polar surface area (TPSA) is 89.9 Å². The van der Waals surface area contributed by atoms with E-state index >= 15 is 0 Å². The summed E-state index contributed by atoms with van der Waals surface area (Å²) in [4.78, 5) is 0. The summed E-state index contributed by atoms with van der Waals surface area (Å²) in [5, 5.41) is 0. The smallest absolute Gasteiger partial charge is 0.309 e. The van der Waals surface area contributed by atoms with Crippen LogP contribution in [-0.4, -0.2) is 38.6 Å². The maximum atomic E-state index is 11.6. The highest BCUT2D eigenvalue weighted by molar-refractivity contribution is 7.85. The molecule has 1 N–H and O–H groups in total. The van der Waals surface area contributed by atoms with Crippen LogP contribution in [0.3, 0.4) is 0 Å². The molecule has 0 aliphatic heterocycles. The second-order valence-corrected chi connectivity index (χ2v) is 6.88. The van der Waals surface area contributed by atoms with Crippen LogP contribution in [-0.2, 0) is 23.7 Å². The molecule has 17 heavy (non-hydrogen) atoms. The Morgan fingerprint density at radius 1 is 1.41 bits per heavy atom. The van der Waals surface area contributed by atoms with Gasteiger partial charge in [-0.05, 0) is 13.8 Å². The van der Waals surface area contributed by atoms with Gasteiger partial charge in [-0.25, -0.2) is 0 Å².